The predicted octanol–water partition coefficient (Wildman–Crippen LogP) is 4.33. The second kappa shape index (κ2) is 5.86. The molecule has 0 fully saturated rings. The number of hydrogen-bond acceptors (Lipinski definition) is 4. The van der Waals surface area contributed by atoms with Crippen molar-refractivity contribution < 1.29 is 12.8 Å². The molecule has 3 aromatic rings. The topological polar surface area (TPSA) is 47.0 Å². The second-order valence-electron chi connectivity index (χ2n) is 5.28. The van der Waals surface area contributed by atoms with Crippen molar-refractivity contribution in [2.75, 3.05) is 6.26 Å². The lowest BCUT2D eigenvalue weighted by molar-refractivity contribution is 0.571. The van der Waals surface area contributed by atoms with Gasteiger partial charge in [-0.1, -0.05) is 12.1 Å². The molecule has 2 heterocycles. The van der Waals surface area contributed by atoms with E-state index in [9.17, 15) is 12.8 Å². The van der Waals surface area contributed by atoms with E-state index < -0.39 is 15.7 Å². The summed E-state index contributed by atoms with van der Waals surface area (Å²) in [6.07, 6.45) is 0.998. The Morgan fingerprint density at radius 2 is 1.83 bits per heavy atom. The highest BCUT2D eigenvalue weighted by Crippen LogP contribution is 2.35. The second-order valence-corrected chi connectivity index (χ2v) is 8.01. The number of benzene rings is 1. The van der Waals surface area contributed by atoms with E-state index in [2.05, 4.69) is 4.98 Å². The van der Waals surface area contributed by atoms with Gasteiger partial charge < -0.3 is 0 Å². The van der Waals surface area contributed by atoms with Gasteiger partial charge in [0.05, 0.1) is 5.69 Å². The number of halogens is 1. The third-order valence-electron chi connectivity index (χ3n) is 3.47. The van der Waals surface area contributed by atoms with Crippen molar-refractivity contribution in [1.82, 2.24) is 4.98 Å². The zero-order valence-electron chi connectivity index (χ0n) is 12.6. The molecule has 3 rings (SSSR count). The van der Waals surface area contributed by atoms with E-state index in [1.54, 1.807) is 6.07 Å². The van der Waals surface area contributed by atoms with E-state index in [0.29, 0.717) is 5.56 Å². The van der Waals surface area contributed by atoms with Crippen LogP contribution in [0.1, 0.15) is 5.69 Å². The van der Waals surface area contributed by atoms with Crippen LogP contribution in [0.4, 0.5) is 4.39 Å². The van der Waals surface area contributed by atoms with E-state index in [1.165, 1.54) is 23.5 Å². The minimum absolute atomic E-state index is 0.285. The van der Waals surface area contributed by atoms with Crippen LogP contribution in [0.15, 0.2) is 52.1 Å². The van der Waals surface area contributed by atoms with Crippen molar-refractivity contribution in [2.45, 2.75) is 11.8 Å². The third-order valence-corrected chi connectivity index (χ3v) is 5.34. The van der Waals surface area contributed by atoms with Crippen molar-refractivity contribution in [2.24, 2.45) is 0 Å². The number of aryl methyl sites for hydroxylation is 1. The molecule has 3 nitrogen and oxygen atoms in total. The van der Waals surface area contributed by atoms with E-state index in [-0.39, 0.29) is 4.90 Å². The van der Waals surface area contributed by atoms with E-state index >= 15 is 0 Å². The smallest absolute Gasteiger partial charge is 0.178 e. The summed E-state index contributed by atoms with van der Waals surface area (Å²) in [6.45, 7) is 1.91. The fraction of sp³-hybridized carbons (Fsp3) is 0.118. The lowest BCUT2D eigenvalue weighted by atomic mass is 10.0. The maximum absolute atomic E-state index is 14.1. The van der Waals surface area contributed by atoms with Crippen LogP contribution in [-0.2, 0) is 9.84 Å². The highest BCUT2D eigenvalue weighted by Gasteiger charge is 2.16. The average Bonchev–Trinajstić information content (AvgIpc) is 2.95. The SMILES string of the molecule is Cc1cccc(-c2cscc2-c2ccc(S(C)(=O)=O)c(F)c2)n1. The molecule has 23 heavy (non-hydrogen) atoms. The first-order valence-corrected chi connectivity index (χ1v) is 9.70. The molecule has 0 N–H and O–H groups in total. The molecule has 0 radical (unpaired) electrons. The van der Waals surface area contributed by atoms with Gasteiger partial charge in [0.1, 0.15) is 10.7 Å². The molecule has 0 unspecified atom stereocenters. The number of hydrogen-bond donors (Lipinski definition) is 0. The molecule has 0 amide bonds. The molecule has 0 aliphatic carbocycles. The maximum atomic E-state index is 14.1. The number of sulfone groups is 1. The lowest BCUT2D eigenvalue weighted by Crippen LogP contribution is -2.00. The van der Waals surface area contributed by atoms with Gasteiger partial charge in [0.2, 0.25) is 0 Å². The number of thiophene rings is 1. The highest BCUT2D eigenvalue weighted by atomic mass is 32.2. The average molecular weight is 347 g/mol. The van der Waals surface area contributed by atoms with Crippen LogP contribution in [0.5, 0.6) is 0 Å². The minimum Gasteiger partial charge on any atom is -0.253 e. The minimum atomic E-state index is -3.57. The summed E-state index contributed by atoms with van der Waals surface area (Å²) in [7, 11) is -3.57. The Hall–Kier alpha value is -2.05. The highest BCUT2D eigenvalue weighted by molar-refractivity contribution is 7.90. The van der Waals surface area contributed by atoms with Crippen LogP contribution >= 0.6 is 11.3 Å². The van der Waals surface area contributed by atoms with Crippen LogP contribution in [0.25, 0.3) is 22.4 Å². The first-order chi connectivity index (χ1) is 10.9. The zero-order chi connectivity index (χ0) is 16.6. The van der Waals surface area contributed by atoms with E-state index in [0.717, 1.165) is 28.8 Å². The normalized spacial score (nSPS) is 11.6. The number of aromatic nitrogens is 1. The first kappa shape index (κ1) is 15.8. The number of pyridine rings is 1. The molecular formula is C17H14FNO2S2. The molecule has 0 spiro atoms. The quantitative estimate of drug-likeness (QED) is 0.708. The molecule has 0 aliphatic rings. The first-order valence-electron chi connectivity index (χ1n) is 6.86. The lowest BCUT2D eigenvalue weighted by Gasteiger charge is -2.07. The number of rotatable bonds is 3. The Balaban J connectivity index is 2.11. The summed E-state index contributed by atoms with van der Waals surface area (Å²) in [4.78, 5) is 4.21. The van der Waals surface area contributed by atoms with Gasteiger partial charge in [-0.25, -0.2) is 12.8 Å². The van der Waals surface area contributed by atoms with Gasteiger partial charge >= 0.3 is 0 Å². The summed E-state index contributed by atoms with van der Waals surface area (Å²) in [6, 6.07) is 9.94. The summed E-state index contributed by atoms with van der Waals surface area (Å²) in [5, 5.41) is 3.87. The van der Waals surface area contributed by atoms with Gasteiger partial charge in [0.15, 0.2) is 9.84 Å². The molecule has 118 valence electrons. The van der Waals surface area contributed by atoms with Crippen LogP contribution in [0.2, 0.25) is 0 Å². The van der Waals surface area contributed by atoms with Crippen LogP contribution in [0.3, 0.4) is 0 Å². The number of nitrogens with zero attached hydrogens (tertiary/aromatic N) is 1. The standard InChI is InChI=1S/C17H14FNO2S2/c1-11-4-3-5-16(19-11)14-10-22-9-13(14)12-6-7-17(15(18)8-12)23(2,20)21/h3-10H,1-2H3. The molecule has 0 aliphatic heterocycles. The van der Waals surface area contributed by atoms with E-state index in [1.807, 2.05) is 35.9 Å². The summed E-state index contributed by atoms with van der Waals surface area (Å²) >= 11 is 1.50. The Bertz CT molecular complexity index is 978. The molecule has 2 aromatic heterocycles. The van der Waals surface area contributed by atoms with Crippen molar-refractivity contribution in [3.63, 3.8) is 0 Å². The Morgan fingerprint density at radius 3 is 2.48 bits per heavy atom. The van der Waals surface area contributed by atoms with Gasteiger partial charge in [-0.05, 0) is 42.1 Å². The van der Waals surface area contributed by atoms with Crippen molar-refractivity contribution in [3.8, 4) is 22.4 Å². The summed E-state index contributed by atoms with van der Waals surface area (Å²) < 4.78 is 37.2. The van der Waals surface area contributed by atoms with Gasteiger partial charge in [-0.15, -0.1) is 0 Å². The van der Waals surface area contributed by atoms with E-state index in [4.69, 9.17) is 0 Å². The van der Waals surface area contributed by atoms with Gasteiger partial charge in [-0.2, -0.15) is 11.3 Å². The van der Waals surface area contributed by atoms with Crippen molar-refractivity contribution in [1.29, 1.82) is 0 Å². The molecule has 0 atom stereocenters. The summed E-state index contributed by atoms with van der Waals surface area (Å²) in [5.41, 5.74) is 4.10. The largest absolute Gasteiger partial charge is 0.253 e. The van der Waals surface area contributed by atoms with Crippen LogP contribution < -0.4 is 0 Å². The summed E-state index contributed by atoms with van der Waals surface area (Å²) in [5.74, 6) is -0.737. The predicted molar refractivity (Wildman–Crippen MR) is 90.8 cm³/mol. The molecule has 1 aromatic carbocycles. The Labute approximate surface area is 138 Å². The van der Waals surface area contributed by atoms with Crippen LogP contribution in [0, 0.1) is 12.7 Å². The molecule has 0 saturated carbocycles. The van der Waals surface area contributed by atoms with Gasteiger partial charge in [0.25, 0.3) is 0 Å². The fourth-order valence-electron chi connectivity index (χ4n) is 2.38. The fourth-order valence-corrected chi connectivity index (χ4v) is 3.96. The van der Waals surface area contributed by atoms with Gasteiger partial charge in [-0.3, -0.25) is 4.98 Å². The Morgan fingerprint density at radius 1 is 1.09 bits per heavy atom. The molecular weight excluding hydrogens is 333 g/mol. The third kappa shape index (κ3) is 3.18. The van der Waals surface area contributed by atoms with Crippen molar-refractivity contribution in [3.05, 3.63) is 58.7 Å². The zero-order valence-corrected chi connectivity index (χ0v) is 14.2. The Kier molecular flexibility index (Phi) is 4.04. The van der Waals surface area contributed by atoms with Crippen LogP contribution in [-0.4, -0.2) is 19.7 Å². The van der Waals surface area contributed by atoms with Gasteiger partial charge in [0, 0.05) is 28.5 Å². The molecule has 0 bridgehead atoms. The molecule has 0 saturated heterocycles. The monoisotopic (exact) mass is 347 g/mol. The molecule has 6 heteroatoms. The maximum Gasteiger partial charge on any atom is 0.178 e. The van der Waals surface area contributed by atoms with Crippen molar-refractivity contribution >= 4 is 21.2 Å².